The molecule has 1 radical (unpaired) electrons. The molecule has 0 atom stereocenters. The molecule has 0 amide bonds. The van der Waals surface area contributed by atoms with Crippen LogP contribution in [-0.2, 0) is 26.6 Å². The molecular weight excluding hydrogens is 287 g/mol. The van der Waals surface area contributed by atoms with Gasteiger partial charge >= 0.3 is 0 Å². The number of guanidine groups is 1. The Hall–Kier alpha value is -0.531. The molecule has 7 nitrogen and oxygen atoms in total. The van der Waals surface area contributed by atoms with Crippen LogP contribution in [0.3, 0.4) is 0 Å². The van der Waals surface area contributed by atoms with E-state index in [1.54, 1.807) is 0 Å². The molecule has 0 aliphatic carbocycles. The second-order valence-corrected chi connectivity index (χ2v) is 2.43. The number of carboxylic acid groups (broad SMARTS) is 1. The molecule has 1 rings (SSSR count). The Bertz CT molecular complexity index is 138. The van der Waals surface area contributed by atoms with Gasteiger partial charge in [-0.05, 0) is 6.92 Å². The van der Waals surface area contributed by atoms with Gasteiger partial charge in [0.2, 0.25) is 0 Å². The van der Waals surface area contributed by atoms with Gasteiger partial charge in [-0.15, -0.1) is 12.4 Å². The molecule has 0 spiro atoms. The van der Waals surface area contributed by atoms with Gasteiger partial charge < -0.3 is 31.4 Å². The molecule has 0 aromatic rings. The third kappa shape index (κ3) is 70.0. The van der Waals surface area contributed by atoms with Crippen LogP contribution in [0, 0.1) is 5.41 Å². The molecule has 0 aromatic carbocycles. The second kappa shape index (κ2) is 20.0. The minimum atomic E-state index is -1.08. The first kappa shape index (κ1) is 24.6. The summed E-state index contributed by atoms with van der Waals surface area (Å²) in [5, 5.41) is 17.2. The monoisotopic (exact) mass is 305 g/mol. The summed E-state index contributed by atoms with van der Waals surface area (Å²) in [6.07, 6.45) is 0. The van der Waals surface area contributed by atoms with Crippen LogP contribution in [0.4, 0.5) is 0 Å². The number of carbonyl (C=O) groups is 1. The van der Waals surface area contributed by atoms with Gasteiger partial charge in [-0.1, -0.05) is 0 Å². The molecule has 1 fully saturated rings. The zero-order chi connectivity index (χ0) is 11.4. The third-order valence-electron chi connectivity index (χ3n) is 0.933. The number of ether oxygens (including phenoxy) is 1. The number of carboxylic acids is 1. The molecule has 16 heavy (non-hydrogen) atoms. The minimum absolute atomic E-state index is 0. The molecular formula is C7H19ClCuN4O3. The number of carbonyl (C=O) groups excluding carboxylic acids is 1. The molecule has 0 bridgehead atoms. The number of quaternary nitrogens is 1. The molecule has 103 valence electrons. The van der Waals surface area contributed by atoms with Crippen molar-refractivity contribution in [2.45, 2.75) is 6.92 Å². The fourth-order valence-electron chi connectivity index (χ4n) is 0.580. The molecule has 0 aromatic heterocycles. The van der Waals surface area contributed by atoms with E-state index in [-0.39, 0.29) is 35.4 Å². The SMILES string of the molecule is C1COCC[NH2+]1.CC(=O)[O-].Cl.N=C(N)N.[Cu]. The summed E-state index contributed by atoms with van der Waals surface area (Å²) in [5.74, 6) is -1.42. The van der Waals surface area contributed by atoms with Crippen LogP contribution in [0.25, 0.3) is 0 Å². The van der Waals surface area contributed by atoms with Gasteiger partial charge in [-0.25, -0.2) is 0 Å². The quantitative estimate of drug-likeness (QED) is 0.210. The fraction of sp³-hybridized carbons (Fsp3) is 0.714. The molecule has 1 heterocycles. The van der Waals surface area contributed by atoms with Crippen LogP contribution in [-0.4, -0.2) is 38.2 Å². The van der Waals surface area contributed by atoms with Crippen molar-refractivity contribution >= 4 is 24.3 Å². The average Bonchev–Trinajstić information content (AvgIpc) is 2.05. The maximum absolute atomic E-state index is 8.89. The number of aliphatic carboxylic acids is 1. The minimum Gasteiger partial charge on any atom is -0.550 e. The van der Waals surface area contributed by atoms with Crippen LogP contribution in [0.2, 0.25) is 0 Å². The molecule has 1 saturated heterocycles. The summed E-state index contributed by atoms with van der Waals surface area (Å²) in [6.45, 7) is 5.17. The Morgan fingerprint density at radius 1 is 1.38 bits per heavy atom. The van der Waals surface area contributed by atoms with Gasteiger partial charge in [0.25, 0.3) is 0 Å². The zero-order valence-electron chi connectivity index (χ0n) is 8.99. The second-order valence-electron chi connectivity index (χ2n) is 2.43. The van der Waals surface area contributed by atoms with E-state index in [0.29, 0.717) is 0 Å². The molecule has 9 heteroatoms. The summed E-state index contributed by atoms with van der Waals surface area (Å²) >= 11 is 0. The summed E-state index contributed by atoms with van der Waals surface area (Å²) in [4.78, 5) is 8.89. The van der Waals surface area contributed by atoms with Gasteiger partial charge in [0.05, 0.1) is 26.3 Å². The van der Waals surface area contributed by atoms with Crippen molar-refractivity contribution in [3.8, 4) is 0 Å². The Kier molecular flexibility index (Phi) is 30.7. The number of halogens is 1. The van der Waals surface area contributed by atoms with Crippen molar-refractivity contribution in [1.29, 1.82) is 5.41 Å². The number of hydrogen-bond acceptors (Lipinski definition) is 4. The Labute approximate surface area is 112 Å². The maximum atomic E-state index is 8.89. The number of nitrogens with one attached hydrogen (secondary N) is 1. The Balaban J connectivity index is -0.0000000660. The van der Waals surface area contributed by atoms with E-state index in [9.17, 15) is 0 Å². The average molecular weight is 306 g/mol. The van der Waals surface area contributed by atoms with Crippen LogP contribution in [0.5, 0.6) is 0 Å². The largest absolute Gasteiger partial charge is 0.550 e. The van der Waals surface area contributed by atoms with Crippen molar-refractivity contribution in [1.82, 2.24) is 0 Å². The van der Waals surface area contributed by atoms with E-state index in [0.717, 1.165) is 33.2 Å². The van der Waals surface area contributed by atoms with E-state index in [4.69, 9.17) is 20.0 Å². The standard InChI is InChI=1S/C4H9NO.C2H4O2.CH5N3.ClH.Cu/c1-3-6-4-2-5-1;1-2(3)4;2-1(3)4;;/h5H,1-4H2;1H3,(H,3,4);(H5,2,3,4);1H;. The van der Waals surface area contributed by atoms with E-state index < -0.39 is 5.97 Å². The molecule has 0 unspecified atom stereocenters. The van der Waals surface area contributed by atoms with Crippen LogP contribution >= 0.6 is 12.4 Å². The predicted octanol–water partition coefficient (Wildman–Crippen LogP) is -3.41. The smallest absolute Gasteiger partial charge is 0.183 e. The van der Waals surface area contributed by atoms with Crippen LogP contribution < -0.4 is 21.9 Å². The number of morpholine rings is 1. The van der Waals surface area contributed by atoms with Gasteiger partial charge in [0.1, 0.15) is 0 Å². The molecule has 7 N–H and O–H groups in total. The normalized spacial score (nSPS) is 12.1. The number of rotatable bonds is 0. The third-order valence-corrected chi connectivity index (χ3v) is 0.933. The summed E-state index contributed by atoms with van der Waals surface area (Å²) in [6, 6.07) is 0. The Morgan fingerprint density at radius 2 is 1.62 bits per heavy atom. The van der Waals surface area contributed by atoms with Crippen molar-refractivity contribution in [3.63, 3.8) is 0 Å². The molecule has 1 aliphatic rings. The number of hydrogen-bond donors (Lipinski definition) is 4. The van der Waals surface area contributed by atoms with Crippen LogP contribution in [0.1, 0.15) is 6.92 Å². The van der Waals surface area contributed by atoms with Crippen molar-refractivity contribution in [2.24, 2.45) is 11.5 Å². The van der Waals surface area contributed by atoms with Gasteiger partial charge in [0.15, 0.2) is 5.96 Å². The van der Waals surface area contributed by atoms with E-state index in [2.05, 4.69) is 16.8 Å². The van der Waals surface area contributed by atoms with Crippen LogP contribution in [0.15, 0.2) is 0 Å². The van der Waals surface area contributed by atoms with Gasteiger partial charge in [-0.3, -0.25) is 5.41 Å². The van der Waals surface area contributed by atoms with E-state index in [1.807, 2.05) is 0 Å². The maximum Gasteiger partial charge on any atom is 0.183 e. The first-order chi connectivity index (χ1) is 6.46. The van der Waals surface area contributed by atoms with E-state index in [1.165, 1.54) is 0 Å². The zero-order valence-corrected chi connectivity index (χ0v) is 10.8. The summed E-state index contributed by atoms with van der Waals surface area (Å²) in [7, 11) is 0. The molecule has 0 saturated carbocycles. The van der Waals surface area contributed by atoms with Gasteiger partial charge in [0, 0.05) is 23.0 Å². The van der Waals surface area contributed by atoms with Gasteiger partial charge in [-0.2, -0.15) is 0 Å². The fourth-order valence-corrected chi connectivity index (χ4v) is 0.580. The number of nitrogens with two attached hydrogens (primary N) is 3. The van der Waals surface area contributed by atoms with Crippen molar-refractivity contribution in [3.05, 3.63) is 0 Å². The Morgan fingerprint density at radius 3 is 1.69 bits per heavy atom. The van der Waals surface area contributed by atoms with Crippen molar-refractivity contribution in [2.75, 3.05) is 26.3 Å². The first-order valence-electron chi connectivity index (χ1n) is 4.13. The topological polar surface area (TPSA) is 142 Å². The van der Waals surface area contributed by atoms with Crippen molar-refractivity contribution < 1.29 is 37.0 Å². The van der Waals surface area contributed by atoms with E-state index >= 15 is 0 Å². The predicted molar refractivity (Wildman–Crippen MR) is 56.5 cm³/mol. The molecule has 1 aliphatic heterocycles. The summed E-state index contributed by atoms with van der Waals surface area (Å²) < 4.78 is 5.04. The summed E-state index contributed by atoms with van der Waals surface area (Å²) in [5.41, 5.74) is 8.94. The first-order valence-corrected chi connectivity index (χ1v) is 4.13.